The summed E-state index contributed by atoms with van der Waals surface area (Å²) in [5, 5.41) is 9.14. The van der Waals surface area contributed by atoms with Gasteiger partial charge in [0, 0.05) is 20.1 Å². The summed E-state index contributed by atoms with van der Waals surface area (Å²) in [6.07, 6.45) is 0.823. The van der Waals surface area contributed by atoms with E-state index >= 15 is 0 Å². The third kappa shape index (κ3) is 4.15. The second kappa shape index (κ2) is 7.61. The van der Waals surface area contributed by atoms with Crippen molar-refractivity contribution < 1.29 is 19.3 Å². The van der Waals surface area contributed by atoms with E-state index in [0.29, 0.717) is 18.1 Å². The molecule has 0 fully saturated rings. The molecular weight excluding hydrogens is 300 g/mol. The molecule has 0 spiro atoms. The molecule has 0 radical (unpaired) electrons. The Morgan fingerprint density at radius 1 is 1.33 bits per heavy atom. The Morgan fingerprint density at radius 2 is 2.06 bits per heavy atom. The van der Waals surface area contributed by atoms with Crippen molar-refractivity contribution >= 4 is 15.9 Å². The molecule has 1 atom stereocenters. The first-order valence-corrected chi connectivity index (χ1v) is 6.54. The van der Waals surface area contributed by atoms with Crippen LogP contribution in [0.4, 0.5) is 0 Å². The summed E-state index contributed by atoms with van der Waals surface area (Å²) < 4.78 is 16.9. The van der Waals surface area contributed by atoms with Gasteiger partial charge < -0.3 is 19.3 Å². The predicted molar refractivity (Wildman–Crippen MR) is 73.2 cm³/mol. The molecule has 0 aliphatic rings. The van der Waals surface area contributed by atoms with E-state index in [1.165, 1.54) is 0 Å². The Bertz CT molecular complexity index is 381. The van der Waals surface area contributed by atoms with Crippen molar-refractivity contribution in [1.29, 1.82) is 0 Å². The Kier molecular flexibility index (Phi) is 6.46. The predicted octanol–water partition coefficient (Wildman–Crippen LogP) is 2.75. The number of halogens is 1. The van der Waals surface area contributed by atoms with E-state index < -0.39 is 0 Å². The highest BCUT2D eigenvalue weighted by Gasteiger charge is 2.14. The van der Waals surface area contributed by atoms with Crippen LogP contribution in [0.25, 0.3) is 0 Å². The summed E-state index contributed by atoms with van der Waals surface area (Å²) in [6.45, 7) is 2.59. The van der Waals surface area contributed by atoms with Crippen molar-refractivity contribution in [2.45, 2.75) is 26.1 Å². The van der Waals surface area contributed by atoms with Crippen molar-refractivity contribution in [1.82, 2.24) is 0 Å². The third-order valence-electron chi connectivity index (χ3n) is 2.52. The van der Waals surface area contributed by atoms with E-state index in [1.807, 2.05) is 13.0 Å². The quantitative estimate of drug-likeness (QED) is 0.839. The van der Waals surface area contributed by atoms with Gasteiger partial charge in [-0.05, 0) is 40.5 Å². The van der Waals surface area contributed by atoms with Gasteiger partial charge in [-0.1, -0.05) is 0 Å². The summed E-state index contributed by atoms with van der Waals surface area (Å²) in [6, 6.07) is 3.59. The summed E-state index contributed by atoms with van der Waals surface area (Å²) in [5.74, 6) is 1.26. The van der Waals surface area contributed by atoms with E-state index in [2.05, 4.69) is 15.9 Å². The first-order valence-electron chi connectivity index (χ1n) is 5.75. The van der Waals surface area contributed by atoms with Crippen LogP contribution in [0.1, 0.15) is 18.9 Å². The second-order valence-electron chi connectivity index (χ2n) is 3.98. The van der Waals surface area contributed by atoms with E-state index in [0.717, 1.165) is 16.5 Å². The zero-order chi connectivity index (χ0) is 13.5. The SMILES string of the molecule is COCCC(C)Oc1c(Br)cc(CO)cc1OC. The third-order valence-corrected chi connectivity index (χ3v) is 3.11. The van der Waals surface area contributed by atoms with Gasteiger partial charge in [-0.3, -0.25) is 0 Å². The van der Waals surface area contributed by atoms with Crippen LogP contribution in [-0.4, -0.2) is 32.0 Å². The van der Waals surface area contributed by atoms with Crippen molar-refractivity contribution in [2.24, 2.45) is 0 Å². The number of rotatable bonds is 7. The molecule has 1 unspecified atom stereocenters. The van der Waals surface area contributed by atoms with Crippen LogP contribution in [0, 0.1) is 0 Å². The van der Waals surface area contributed by atoms with Crippen LogP contribution in [-0.2, 0) is 11.3 Å². The molecular formula is C13H19BrO4. The lowest BCUT2D eigenvalue weighted by Gasteiger charge is -2.18. The van der Waals surface area contributed by atoms with E-state index in [4.69, 9.17) is 19.3 Å². The monoisotopic (exact) mass is 318 g/mol. The number of aliphatic hydroxyl groups excluding tert-OH is 1. The highest BCUT2D eigenvalue weighted by molar-refractivity contribution is 9.10. The minimum atomic E-state index is -0.0333. The molecule has 0 aliphatic carbocycles. The van der Waals surface area contributed by atoms with E-state index in [-0.39, 0.29) is 12.7 Å². The van der Waals surface area contributed by atoms with Crippen LogP contribution >= 0.6 is 15.9 Å². The average Bonchev–Trinajstić information content (AvgIpc) is 2.38. The van der Waals surface area contributed by atoms with Gasteiger partial charge in [-0.15, -0.1) is 0 Å². The number of aliphatic hydroxyl groups is 1. The van der Waals surface area contributed by atoms with Gasteiger partial charge in [0.2, 0.25) is 0 Å². The first-order chi connectivity index (χ1) is 8.62. The fourth-order valence-electron chi connectivity index (χ4n) is 1.52. The van der Waals surface area contributed by atoms with Crippen molar-refractivity contribution in [3.63, 3.8) is 0 Å². The molecule has 0 saturated carbocycles. The zero-order valence-corrected chi connectivity index (χ0v) is 12.5. The molecule has 1 rings (SSSR count). The summed E-state index contributed by atoms with van der Waals surface area (Å²) in [5.41, 5.74) is 0.774. The Labute approximate surface area is 116 Å². The summed E-state index contributed by atoms with van der Waals surface area (Å²) in [7, 11) is 3.24. The molecule has 1 aromatic carbocycles. The molecule has 0 aliphatic heterocycles. The van der Waals surface area contributed by atoms with Gasteiger partial charge in [0.05, 0.1) is 24.3 Å². The van der Waals surface area contributed by atoms with Gasteiger partial charge in [0.1, 0.15) is 0 Å². The number of ether oxygens (including phenoxy) is 3. The molecule has 0 amide bonds. The lowest BCUT2D eigenvalue weighted by Crippen LogP contribution is -2.15. The Hall–Kier alpha value is -0.780. The molecule has 18 heavy (non-hydrogen) atoms. The first kappa shape index (κ1) is 15.3. The highest BCUT2D eigenvalue weighted by atomic mass is 79.9. The van der Waals surface area contributed by atoms with Crippen LogP contribution in [0.5, 0.6) is 11.5 Å². The van der Waals surface area contributed by atoms with Crippen LogP contribution in [0.3, 0.4) is 0 Å². The van der Waals surface area contributed by atoms with Gasteiger partial charge in [-0.25, -0.2) is 0 Å². The van der Waals surface area contributed by atoms with Gasteiger partial charge in [0.15, 0.2) is 11.5 Å². The maximum absolute atomic E-state index is 9.14. The van der Waals surface area contributed by atoms with Gasteiger partial charge in [0.25, 0.3) is 0 Å². The number of methoxy groups -OCH3 is 2. The highest BCUT2D eigenvalue weighted by Crippen LogP contribution is 2.37. The lowest BCUT2D eigenvalue weighted by molar-refractivity contribution is 0.132. The summed E-state index contributed by atoms with van der Waals surface area (Å²) in [4.78, 5) is 0. The van der Waals surface area contributed by atoms with Crippen molar-refractivity contribution in [3.8, 4) is 11.5 Å². The van der Waals surface area contributed by atoms with Crippen LogP contribution < -0.4 is 9.47 Å². The molecule has 0 bridgehead atoms. The smallest absolute Gasteiger partial charge is 0.175 e. The fraction of sp³-hybridized carbons (Fsp3) is 0.538. The second-order valence-corrected chi connectivity index (χ2v) is 4.83. The minimum Gasteiger partial charge on any atom is -0.493 e. The van der Waals surface area contributed by atoms with E-state index in [9.17, 15) is 0 Å². The van der Waals surface area contributed by atoms with Crippen molar-refractivity contribution in [3.05, 3.63) is 22.2 Å². The molecule has 0 aromatic heterocycles. The van der Waals surface area contributed by atoms with Crippen LogP contribution in [0.2, 0.25) is 0 Å². The standard InChI is InChI=1S/C13H19BrO4/c1-9(4-5-16-2)18-13-11(14)6-10(8-15)7-12(13)17-3/h6-7,9,15H,4-5,8H2,1-3H3. The summed E-state index contributed by atoms with van der Waals surface area (Å²) >= 11 is 3.43. The number of benzene rings is 1. The zero-order valence-electron chi connectivity index (χ0n) is 10.9. The molecule has 1 aromatic rings. The maximum atomic E-state index is 9.14. The van der Waals surface area contributed by atoms with Crippen LogP contribution in [0.15, 0.2) is 16.6 Å². The van der Waals surface area contributed by atoms with Crippen molar-refractivity contribution in [2.75, 3.05) is 20.8 Å². The largest absolute Gasteiger partial charge is 0.493 e. The molecule has 5 heteroatoms. The fourth-order valence-corrected chi connectivity index (χ4v) is 2.11. The van der Waals surface area contributed by atoms with E-state index in [1.54, 1.807) is 20.3 Å². The molecule has 102 valence electrons. The normalized spacial score (nSPS) is 12.3. The average molecular weight is 319 g/mol. The molecule has 4 nitrogen and oxygen atoms in total. The van der Waals surface area contributed by atoms with Gasteiger partial charge >= 0.3 is 0 Å². The molecule has 0 saturated heterocycles. The topological polar surface area (TPSA) is 47.9 Å². The Balaban J connectivity index is 2.86. The number of hydrogen-bond donors (Lipinski definition) is 1. The van der Waals surface area contributed by atoms with Gasteiger partial charge in [-0.2, -0.15) is 0 Å². The molecule has 1 N–H and O–H groups in total. The maximum Gasteiger partial charge on any atom is 0.175 e. The minimum absolute atomic E-state index is 0.0233. The lowest BCUT2D eigenvalue weighted by atomic mass is 10.2. The Morgan fingerprint density at radius 3 is 2.61 bits per heavy atom. The molecule has 0 heterocycles. The number of hydrogen-bond acceptors (Lipinski definition) is 4.